The molecule has 0 fully saturated rings. The molecule has 0 spiro atoms. The summed E-state index contributed by atoms with van der Waals surface area (Å²) >= 11 is 0. The fraction of sp³-hybridized carbons (Fsp3) is 0.371. The molecule has 0 aromatic heterocycles. The summed E-state index contributed by atoms with van der Waals surface area (Å²) in [5, 5.41) is 4.32. The number of hydrogen-bond acceptors (Lipinski definition) is 0. The van der Waals surface area contributed by atoms with Crippen LogP contribution in [0.1, 0.15) is 74.9 Å². The molecule has 0 saturated heterocycles. The molecule has 0 aliphatic heterocycles. The summed E-state index contributed by atoms with van der Waals surface area (Å²) in [5.74, 6) is 0. The Hall–Kier alpha value is -1.06. The van der Waals surface area contributed by atoms with Crippen LogP contribution in [0.25, 0.3) is 0 Å². The van der Waals surface area contributed by atoms with Gasteiger partial charge in [-0.1, -0.05) is 117 Å². The molecule has 1 aliphatic rings. The third-order valence-electron chi connectivity index (χ3n) is 8.67. The molecule has 0 amide bonds. The molecular weight excluding hydrogens is 603 g/mol. The van der Waals surface area contributed by atoms with Crippen LogP contribution in [-0.2, 0) is 34.6 Å². The molecule has 212 valence electrons. The van der Waals surface area contributed by atoms with Crippen LogP contribution >= 0.6 is 0 Å². The molecule has 1 unspecified atom stereocenters. The Labute approximate surface area is 278 Å². The molecule has 40 heavy (non-hydrogen) atoms. The first-order chi connectivity index (χ1) is 17.0. The predicted octanol–water partition coefficient (Wildman–Crippen LogP) is -1.62. The Kier molecular flexibility index (Phi) is 14.5. The van der Waals surface area contributed by atoms with Gasteiger partial charge >= 0.3 is 21.7 Å². The van der Waals surface area contributed by atoms with E-state index in [1.165, 1.54) is 65.7 Å². The summed E-state index contributed by atoms with van der Waals surface area (Å²) in [6, 6.07) is 22.1. The van der Waals surface area contributed by atoms with Crippen LogP contribution in [0, 0.1) is 33.8 Å². The molecule has 3 aromatic rings. The number of rotatable bonds is 6. The number of benzene rings is 3. The van der Waals surface area contributed by atoms with Crippen LogP contribution in [-0.4, -0.2) is 8.07 Å². The molecule has 0 nitrogen and oxygen atoms in total. The topological polar surface area (TPSA) is 0 Å². The molecule has 0 heterocycles. The number of aryl methyl sites for hydroxylation is 6. The summed E-state index contributed by atoms with van der Waals surface area (Å²) in [4.78, 5) is 0. The van der Waals surface area contributed by atoms with Crippen molar-refractivity contribution in [2.45, 2.75) is 87.1 Å². The Morgan fingerprint density at radius 1 is 0.575 bits per heavy atom. The third-order valence-corrected chi connectivity index (χ3v) is 14.1. The maximum atomic E-state index is 4.12. The Bertz CT molecular complexity index is 1290. The first-order valence-corrected chi connectivity index (χ1v) is 15.6. The standard InChI is InChI=1S/C35H43Si.3ClH.Ti/c1-11-30-19-31(12-2)21-34(20-30)36(32-15-23(3)13-24(4)16-32,33-17-25(5)14-26(6)18-33)35(10)22-27(7)28(8)29(35)9;;;;/h13-21H,11-12H2,1-10H3;3*1H;/q-1;;;;+4/p-3. The summed E-state index contributed by atoms with van der Waals surface area (Å²) in [6.45, 7) is 23.0. The van der Waals surface area contributed by atoms with Gasteiger partial charge in [-0.05, 0) is 67.2 Å². The van der Waals surface area contributed by atoms with Gasteiger partial charge in [0.05, 0.1) is 0 Å². The second kappa shape index (κ2) is 14.9. The Balaban J connectivity index is 0.00000380. The van der Waals surface area contributed by atoms with Crippen molar-refractivity contribution in [3.05, 3.63) is 111 Å². The van der Waals surface area contributed by atoms with Crippen molar-refractivity contribution < 1.29 is 58.9 Å². The van der Waals surface area contributed by atoms with Crippen molar-refractivity contribution in [3.8, 4) is 0 Å². The van der Waals surface area contributed by atoms with E-state index in [0.29, 0.717) is 0 Å². The molecule has 0 N–H and O–H groups in total. The zero-order valence-corrected chi connectivity index (χ0v) is 30.6. The monoisotopic (exact) mass is 644 g/mol. The van der Waals surface area contributed by atoms with Crippen molar-refractivity contribution in [2.24, 2.45) is 0 Å². The molecule has 5 heteroatoms. The van der Waals surface area contributed by atoms with E-state index >= 15 is 0 Å². The minimum absolute atomic E-state index is 0. The summed E-state index contributed by atoms with van der Waals surface area (Å²) in [7, 11) is -2.67. The zero-order valence-electron chi connectivity index (χ0n) is 25.7. The van der Waals surface area contributed by atoms with Gasteiger partial charge < -0.3 is 37.2 Å². The first-order valence-electron chi connectivity index (χ1n) is 13.6. The molecule has 0 radical (unpaired) electrons. The number of hydrogen-bond donors (Lipinski definition) is 0. The van der Waals surface area contributed by atoms with E-state index in [9.17, 15) is 0 Å². The van der Waals surface area contributed by atoms with Gasteiger partial charge in [-0.15, -0.1) is 6.92 Å². The third kappa shape index (κ3) is 6.61. The maximum absolute atomic E-state index is 4.12. The summed E-state index contributed by atoms with van der Waals surface area (Å²) in [5.41, 5.74) is 12.4. The molecular formula is C35H43Cl3SiTi. The average Bonchev–Trinajstić information content (AvgIpc) is 3.01. The predicted molar refractivity (Wildman–Crippen MR) is 161 cm³/mol. The largest absolute Gasteiger partial charge is 4.00 e. The van der Waals surface area contributed by atoms with Gasteiger partial charge in [-0.3, -0.25) is 6.08 Å². The van der Waals surface area contributed by atoms with E-state index in [0.717, 1.165) is 12.8 Å². The molecule has 4 rings (SSSR count). The Morgan fingerprint density at radius 2 is 0.925 bits per heavy atom. The summed E-state index contributed by atoms with van der Waals surface area (Å²) in [6.07, 6.45) is 6.22. The fourth-order valence-corrected chi connectivity index (χ4v) is 13.2. The van der Waals surface area contributed by atoms with Crippen LogP contribution in [0.2, 0.25) is 5.04 Å². The van der Waals surface area contributed by atoms with Crippen molar-refractivity contribution in [3.63, 3.8) is 0 Å². The van der Waals surface area contributed by atoms with E-state index in [4.69, 9.17) is 0 Å². The zero-order chi connectivity index (χ0) is 26.4. The quantitative estimate of drug-likeness (QED) is 0.172. The van der Waals surface area contributed by atoms with Gasteiger partial charge in [0, 0.05) is 0 Å². The minimum Gasteiger partial charge on any atom is -1.00 e. The normalized spacial score (nSPS) is 16.3. The minimum atomic E-state index is -2.67. The van der Waals surface area contributed by atoms with E-state index in [1.54, 1.807) is 0 Å². The van der Waals surface area contributed by atoms with Crippen LogP contribution in [0.5, 0.6) is 0 Å². The number of allylic oxidation sites excluding steroid dienone is 4. The van der Waals surface area contributed by atoms with Crippen molar-refractivity contribution in [2.75, 3.05) is 0 Å². The van der Waals surface area contributed by atoms with Crippen molar-refractivity contribution in [1.29, 1.82) is 0 Å². The van der Waals surface area contributed by atoms with Crippen LogP contribution in [0.3, 0.4) is 0 Å². The van der Waals surface area contributed by atoms with Crippen molar-refractivity contribution in [1.82, 2.24) is 0 Å². The smallest absolute Gasteiger partial charge is 1.00 e. The second-order valence-electron chi connectivity index (χ2n) is 11.4. The van der Waals surface area contributed by atoms with Gasteiger partial charge in [0.15, 0.2) is 0 Å². The average molecular weight is 646 g/mol. The molecule has 3 aromatic carbocycles. The van der Waals surface area contributed by atoms with Crippen LogP contribution in [0.15, 0.2) is 71.3 Å². The van der Waals surface area contributed by atoms with Gasteiger partial charge in [-0.2, -0.15) is 11.1 Å². The maximum Gasteiger partial charge on any atom is 4.00 e. The van der Waals surface area contributed by atoms with Crippen LogP contribution < -0.4 is 52.8 Å². The number of halogens is 3. The van der Waals surface area contributed by atoms with Gasteiger partial charge in [-0.25, -0.2) is 5.57 Å². The van der Waals surface area contributed by atoms with Gasteiger partial charge in [0.1, 0.15) is 8.07 Å². The molecule has 1 atom stereocenters. The molecule has 1 aliphatic carbocycles. The SMILES string of the molecule is CCc1cc(CC)cc([Si](c2cc(C)cc(C)c2)(c2cc(C)cc(C)c2)C2(C)[C-]=C(C)C(C)=C2C)c1.[Cl-].[Cl-].[Cl-].[Ti+4]. The Morgan fingerprint density at radius 3 is 1.23 bits per heavy atom. The molecule has 0 bridgehead atoms. The van der Waals surface area contributed by atoms with Crippen molar-refractivity contribution >= 4 is 23.6 Å². The van der Waals surface area contributed by atoms with Gasteiger partial charge in [0.25, 0.3) is 0 Å². The fourth-order valence-electron chi connectivity index (χ4n) is 6.73. The van der Waals surface area contributed by atoms with E-state index in [-0.39, 0.29) is 64.0 Å². The second-order valence-corrected chi connectivity index (χ2v) is 15.6. The van der Waals surface area contributed by atoms with Gasteiger partial charge in [0.2, 0.25) is 0 Å². The summed E-state index contributed by atoms with van der Waals surface area (Å²) < 4.78 is 0. The molecule has 0 saturated carbocycles. The van der Waals surface area contributed by atoms with Crippen LogP contribution in [0.4, 0.5) is 0 Å². The van der Waals surface area contributed by atoms with E-state index in [1.807, 2.05) is 0 Å². The van der Waals surface area contributed by atoms with E-state index < -0.39 is 8.07 Å². The van der Waals surface area contributed by atoms with E-state index in [2.05, 4.69) is 130 Å². The first kappa shape index (κ1) is 38.9.